The number of methoxy groups -OCH3 is 1. The molecule has 0 aromatic carbocycles. The van der Waals surface area contributed by atoms with Gasteiger partial charge in [-0.05, 0) is 38.3 Å². The predicted octanol–water partition coefficient (Wildman–Crippen LogP) is 0.636. The first kappa shape index (κ1) is 19.1. The van der Waals surface area contributed by atoms with Crippen LogP contribution in [0.1, 0.15) is 37.8 Å². The molecular formula is C18H33N7O. The number of nitrogens with zero attached hydrogens (tertiary/aromatic N) is 5. The summed E-state index contributed by atoms with van der Waals surface area (Å²) in [4.78, 5) is 11.4. The summed E-state index contributed by atoms with van der Waals surface area (Å²) in [5.74, 6) is 3.57. The number of likely N-dealkylation sites (tertiary alicyclic amines) is 1. The van der Waals surface area contributed by atoms with E-state index < -0.39 is 0 Å². The van der Waals surface area contributed by atoms with E-state index in [4.69, 9.17) is 4.74 Å². The second kappa shape index (κ2) is 9.32. The number of ether oxygens (including phenoxy) is 1. The van der Waals surface area contributed by atoms with E-state index >= 15 is 0 Å². The standard InChI is InChI=1S/C18H33N7O/c1-14-6-9-24(10-7-14)11-8-20-18(19-2)21-15-4-5-17-22-16(13-26-3)23-25(17)12-15/h14-15H,4-13H2,1-3H3,(H2,19,20,21). The van der Waals surface area contributed by atoms with Crippen LogP contribution in [0.25, 0.3) is 0 Å². The molecule has 3 heterocycles. The van der Waals surface area contributed by atoms with Crippen LogP contribution in [0.15, 0.2) is 4.99 Å². The summed E-state index contributed by atoms with van der Waals surface area (Å²) >= 11 is 0. The summed E-state index contributed by atoms with van der Waals surface area (Å²) in [5, 5.41) is 11.5. The quantitative estimate of drug-likeness (QED) is 0.570. The van der Waals surface area contributed by atoms with Crippen molar-refractivity contribution < 1.29 is 4.74 Å². The minimum atomic E-state index is 0.321. The van der Waals surface area contributed by atoms with Crippen LogP contribution >= 0.6 is 0 Å². The molecule has 1 aromatic heterocycles. The fraction of sp³-hybridized carbons (Fsp3) is 0.833. The Bertz CT molecular complexity index is 592. The molecule has 0 spiro atoms. The number of piperidine rings is 1. The van der Waals surface area contributed by atoms with Gasteiger partial charge in [0.2, 0.25) is 0 Å². The van der Waals surface area contributed by atoms with Crippen LogP contribution in [-0.2, 0) is 24.3 Å². The summed E-state index contributed by atoms with van der Waals surface area (Å²) in [6.45, 7) is 8.07. The van der Waals surface area contributed by atoms with E-state index in [0.717, 1.165) is 56.0 Å². The van der Waals surface area contributed by atoms with Gasteiger partial charge in [-0.15, -0.1) is 0 Å². The summed E-state index contributed by atoms with van der Waals surface area (Å²) in [6, 6.07) is 0.321. The third-order valence-electron chi connectivity index (χ3n) is 5.34. The number of aryl methyl sites for hydroxylation is 1. The molecule has 8 heteroatoms. The number of guanidine groups is 1. The highest BCUT2D eigenvalue weighted by atomic mass is 16.5. The second-order valence-corrected chi connectivity index (χ2v) is 7.46. The number of hydrogen-bond acceptors (Lipinski definition) is 5. The van der Waals surface area contributed by atoms with E-state index in [1.807, 2.05) is 11.7 Å². The van der Waals surface area contributed by atoms with Crippen LogP contribution in [0.4, 0.5) is 0 Å². The number of rotatable bonds is 6. The molecule has 2 N–H and O–H groups in total. The Labute approximate surface area is 156 Å². The van der Waals surface area contributed by atoms with E-state index in [1.165, 1.54) is 25.9 Å². The SMILES string of the molecule is CN=C(NCCN1CCC(C)CC1)NC1CCc2nc(COC)nn2C1. The number of hydrogen-bond donors (Lipinski definition) is 2. The molecule has 26 heavy (non-hydrogen) atoms. The van der Waals surface area contributed by atoms with E-state index in [9.17, 15) is 0 Å². The molecule has 0 aliphatic carbocycles. The fourth-order valence-corrected chi connectivity index (χ4v) is 3.67. The van der Waals surface area contributed by atoms with Crippen molar-refractivity contribution in [3.8, 4) is 0 Å². The molecule has 2 aliphatic heterocycles. The Morgan fingerprint density at radius 2 is 2.12 bits per heavy atom. The molecule has 1 saturated heterocycles. The van der Waals surface area contributed by atoms with Crippen molar-refractivity contribution in [1.29, 1.82) is 0 Å². The Hall–Kier alpha value is -1.67. The summed E-state index contributed by atoms with van der Waals surface area (Å²) in [5.41, 5.74) is 0. The van der Waals surface area contributed by atoms with Crippen molar-refractivity contribution in [3.63, 3.8) is 0 Å². The third-order valence-corrected chi connectivity index (χ3v) is 5.34. The zero-order valence-corrected chi connectivity index (χ0v) is 16.4. The fourth-order valence-electron chi connectivity index (χ4n) is 3.67. The van der Waals surface area contributed by atoms with Gasteiger partial charge in [-0.25, -0.2) is 9.67 Å². The highest BCUT2D eigenvalue weighted by Gasteiger charge is 2.22. The van der Waals surface area contributed by atoms with Gasteiger partial charge in [0.25, 0.3) is 0 Å². The Kier molecular flexibility index (Phi) is 6.85. The number of aliphatic imine (C=N–C) groups is 1. The zero-order chi connectivity index (χ0) is 18.4. The van der Waals surface area contributed by atoms with Gasteiger partial charge < -0.3 is 20.3 Å². The lowest BCUT2D eigenvalue weighted by Gasteiger charge is -2.30. The van der Waals surface area contributed by atoms with Crippen LogP contribution in [0, 0.1) is 5.92 Å². The minimum absolute atomic E-state index is 0.321. The van der Waals surface area contributed by atoms with E-state index in [0.29, 0.717) is 12.6 Å². The maximum absolute atomic E-state index is 5.13. The lowest BCUT2D eigenvalue weighted by Crippen LogP contribution is -2.49. The lowest BCUT2D eigenvalue weighted by atomic mass is 9.99. The number of fused-ring (bicyclic) bond motifs is 1. The van der Waals surface area contributed by atoms with E-state index in [2.05, 4.69) is 37.5 Å². The molecule has 0 amide bonds. The summed E-state index contributed by atoms with van der Waals surface area (Å²) in [7, 11) is 3.50. The molecule has 1 fully saturated rings. The molecule has 146 valence electrons. The number of nitrogens with one attached hydrogen (secondary N) is 2. The molecule has 1 unspecified atom stereocenters. The molecule has 1 atom stereocenters. The molecular weight excluding hydrogens is 330 g/mol. The molecule has 3 rings (SSSR count). The molecule has 2 aliphatic rings. The monoisotopic (exact) mass is 363 g/mol. The van der Waals surface area contributed by atoms with Crippen LogP contribution in [-0.4, -0.2) is 72.0 Å². The molecule has 1 aromatic rings. The van der Waals surface area contributed by atoms with Gasteiger partial charge in [-0.1, -0.05) is 6.92 Å². The first-order valence-corrected chi connectivity index (χ1v) is 9.79. The highest BCUT2D eigenvalue weighted by molar-refractivity contribution is 5.79. The van der Waals surface area contributed by atoms with Crippen molar-refractivity contribution in [2.75, 3.05) is 40.3 Å². The average molecular weight is 364 g/mol. The average Bonchev–Trinajstić information content (AvgIpc) is 3.04. The first-order valence-electron chi connectivity index (χ1n) is 9.79. The van der Waals surface area contributed by atoms with Crippen LogP contribution in [0.2, 0.25) is 0 Å². The largest absolute Gasteiger partial charge is 0.377 e. The van der Waals surface area contributed by atoms with Crippen molar-refractivity contribution in [2.45, 2.75) is 51.8 Å². The lowest BCUT2D eigenvalue weighted by molar-refractivity contribution is 0.177. The molecule has 0 bridgehead atoms. The van der Waals surface area contributed by atoms with Gasteiger partial charge in [0.15, 0.2) is 11.8 Å². The smallest absolute Gasteiger partial charge is 0.191 e. The van der Waals surface area contributed by atoms with Gasteiger partial charge in [-0.2, -0.15) is 5.10 Å². The molecule has 8 nitrogen and oxygen atoms in total. The van der Waals surface area contributed by atoms with Gasteiger partial charge in [0.05, 0.1) is 6.54 Å². The highest BCUT2D eigenvalue weighted by Crippen LogP contribution is 2.15. The Morgan fingerprint density at radius 1 is 1.31 bits per heavy atom. The maximum atomic E-state index is 5.13. The van der Waals surface area contributed by atoms with Gasteiger partial charge in [-0.3, -0.25) is 4.99 Å². The molecule has 0 saturated carbocycles. The van der Waals surface area contributed by atoms with Crippen molar-refractivity contribution in [1.82, 2.24) is 30.3 Å². The Morgan fingerprint density at radius 3 is 2.85 bits per heavy atom. The van der Waals surface area contributed by atoms with Crippen LogP contribution < -0.4 is 10.6 Å². The Balaban J connectivity index is 1.42. The minimum Gasteiger partial charge on any atom is -0.377 e. The van der Waals surface area contributed by atoms with Crippen molar-refractivity contribution in [3.05, 3.63) is 11.6 Å². The van der Waals surface area contributed by atoms with Crippen molar-refractivity contribution >= 4 is 5.96 Å². The zero-order valence-electron chi connectivity index (χ0n) is 16.4. The number of aromatic nitrogens is 3. The van der Waals surface area contributed by atoms with E-state index in [-0.39, 0.29) is 0 Å². The van der Waals surface area contributed by atoms with Gasteiger partial charge in [0, 0.05) is 39.7 Å². The van der Waals surface area contributed by atoms with Crippen LogP contribution in [0.5, 0.6) is 0 Å². The maximum Gasteiger partial charge on any atom is 0.191 e. The first-order chi connectivity index (χ1) is 12.7. The third kappa shape index (κ3) is 5.17. The second-order valence-electron chi connectivity index (χ2n) is 7.46. The van der Waals surface area contributed by atoms with Crippen molar-refractivity contribution in [2.24, 2.45) is 10.9 Å². The summed E-state index contributed by atoms with van der Waals surface area (Å²) in [6.07, 6.45) is 4.61. The topological polar surface area (TPSA) is 79.6 Å². The predicted molar refractivity (Wildman–Crippen MR) is 102 cm³/mol. The van der Waals surface area contributed by atoms with E-state index in [1.54, 1.807) is 7.11 Å². The van der Waals surface area contributed by atoms with Crippen LogP contribution in [0.3, 0.4) is 0 Å². The normalized spacial score (nSPS) is 22.3. The molecule has 0 radical (unpaired) electrons. The van der Waals surface area contributed by atoms with Gasteiger partial charge in [0.1, 0.15) is 12.4 Å². The summed E-state index contributed by atoms with van der Waals surface area (Å²) < 4.78 is 7.13. The van der Waals surface area contributed by atoms with Gasteiger partial charge >= 0.3 is 0 Å².